The summed E-state index contributed by atoms with van der Waals surface area (Å²) < 4.78 is 5.45. The molecule has 0 amide bonds. The van der Waals surface area contributed by atoms with Crippen LogP contribution >= 0.6 is 0 Å². The van der Waals surface area contributed by atoms with Gasteiger partial charge in [-0.25, -0.2) is 0 Å². The van der Waals surface area contributed by atoms with Gasteiger partial charge in [-0.3, -0.25) is 4.90 Å². The second kappa shape index (κ2) is 5.89. The van der Waals surface area contributed by atoms with Crippen LogP contribution in [0.1, 0.15) is 45.8 Å². The van der Waals surface area contributed by atoms with E-state index in [-0.39, 0.29) is 5.54 Å². The summed E-state index contributed by atoms with van der Waals surface area (Å²) in [6.45, 7) is 9.87. The number of nitrogens with zero attached hydrogens (tertiary/aromatic N) is 1. The second-order valence-electron chi connectivity index (χ2n) is 5.95. The average Bonchev–Trinajstić information content (AvgIpc) is 3.07. The van der Waals surface area contributed by atoms with Crippen LogP contribution in [0.25, 0.3) is 0 Å². The van der Waals surface area contributed by atoms with Crippen molar-refractivity contribution in [1.29, 1.82) is 0 Å². The van der Waals surface area contributed by atoms with Crippen LogP contribution in [0.3, 0.4) is 0 Å². The molecule has 1 fully saturated rings. The SMILES string of the molecule is CCC(C)(C)NCCN(Cc1ccco1)C1CC1. The van der Waals surface area contributed by atoms with Gasteiger partial charge in [0.1, 0.15) is 5.76 Å². The largest absolute Gasteiger partial charge is 0.468 e. The smallest absolute Gasteiger partial charge is 0.117 e. The lowest BCUT2D eigenvalue weighted by Crippen LogP contribution is -2.43. The standard InChI is InChI=1S/C15H26N2O/c1-4-15(2,3)16-9-10-17(13-7-8-13)12-14-6-5-11-18-14/h5-6,11,13,16H,4,7-10,12H2,1-3H3. The van der Waals surface area contributed by atoms with Crippen molar-refractivity contribution in [2.75, 3.05) is 13.1 Å². The van der Waals surface area contributed by atoms with Crippen LogP contribution in [-0.2, 0) is 6.54 Å². The van der Waals surface area contributed by atoms with Crippen molar-refractivity contribution in [3.8, 4) is 0 Å². The Morgan fingerprint density at radius 2 is 2.22 bits per heavy atom. The van der Waals surface area contributed by atoms with Gasteiger partial charge in [-0.2, -0.15) is 0 Å². The average molecular weight is 250 g/mol. The zero-order valence-electron chi connectivity index (χ0n) is 11.9. The Labute approximate surface area is 111 Å². The number of rotatable bonds is 8. The van der Waals surface area contributed by atoms with Gasteiger partial charge in [0.15, 0.2) is 0 Å². The van der Waals surface area contributed by atoms with E-state index in [1.165, 1.54) is 12.8 Å². The molecule has 18 heavy (non-hydrogen) atoms. The van der Waals surface area contributed by atoms with Gasteiger partial charge in [-0.15, -0.1) is 0 Å². The van der Waals surface area contributed by atoms with Crippen molar-refractivity contribution in [2.24, 2.45) is 0 Å². The van der Waals surface area contributed by atoms with Crippen molar-refractivity contribution in [3.63, 3.8) is 0 Å². The zero-order chi connectivity index (χ0) is 13.0. The summed E-state index contributed by atoms with van der Waals surface area (Å²) in [5.74, 6) is 1.08. The lowest BCUT2D eigenvalue weighted by atomic mass is 10.0. The Morgan fingerprint density at radius 1 is 1.44 bits per heavy atom. The van der Waals surface area contributed by atoms with Crippen LogP contribution < -0.4 is 5.32 Å². The molecule has 0 saturated heterocycles. The third-order valence-electron chi connectivity index (χ3n) is 3.89. The van der Waals surface area contributed by atoms with E-state index >= 15 is 0 Å². The van der Waals surface area contributed by atoms with Crippen LogP contribution in [0.2, 0.25) is 0 Å². The van der Waals surface area contributed by atoms with E-state index in [0.717, 1.165) is 37.9 Å². The first kappa shape index (κ1) is 13.6. The highest BCUT2D eigenvalue weighted by Gasteiger charge is 2.29. The summed E-state index contributed by atoms with van der Waals surface area (Å²) in [6.07, 6.45) is 5.61. The van der Waals surface area contributed by atoms with Crippen LogP contribution in [0, 0.1) is 0 Å². The summed E-state index contributed by atoms with van der Waals surface area (Å²) in [4.78, 5) is 2.54. The molecule has 3 nitrogen and oxygen atoms in total. The molecule has 0 spiro atoms. The molecule has 2 rings (SSSR count). The van der Waals surface area contributed by atoms with Crippen LogP contribution in [-0.4, -0.2) is 29.6 Å². The molecular formula is C15H26N2O. The van der Waals surface area contributed by atoms with E-state index in [0.29, 0.717) is 0 Å². The summed E-state index contributed by atoms with van der Waals surface area (Å²) in [7, 11) is 0. The number of hydrogen-bond donors (Lipinski definition) is 1. The van der Waals surface area contributed by atoms with Gasteiger partial charge in [0.05, 0.1) is 12.8 Å². The third kappa shape index (κ3) is 4.14. The van der Waals surface area contributed by atoms with Crippen LogP contribution in [0.15, 0.2) is 22.8 Å². The minimum Gasteiger partial charge on any atom is -0.468 e. The van der Waals surface area contributed by atoms with Gasteiger partial charge in [0.25, 0.3) is 0 Å². The number of hydrogen-bond acceptors (Lipinski definition) is 3. The monoisotopic (exact) mass is 250 g/mol. The Balaban J connectivity index is 1.77. The van der Waals surface area contributed by atoms with Crippen LogP contribution in [0.4, 0.5) is 0 Å². The van der Waals surface area contributed by atoms with E-state index in [4.69, 9.17) is 4.42 Å². The maximum Gasteiger partial charge on any atom is 0.117 e. The molecule has 1 heterocycles. The summed E-state index contributed by atoms with van der Waals surface area (Å²) in [5.41, 5.74) is 0.250. The first-order chi connectivity index (χ1) is 8.61. The van der Waals surface area contributed by atoms with Gasteiger partial charge in [0.2, 0.25) is 0 Å². The summed E-state index contributed by atoms with van der Waals surface area (Å²) >= 11 is 0. The molecule has 1 saturated carbocycles. The highest BCUT2D eigenvalue weighted by atomic mass is 16.3. The molecule has 1 aromatic heterocycles. The van der Waals surface area contributed by atoms with Crippen molar-refractivity contribution in [1.82, 2.24) is 10.2 Å². The van der Waals surface area contributed by atoms with Gasteiger partial charge in [-0.1, -0.05) is 6.92 Å². The molecule has 1 aliphatic carbocycles. The lowest BCUT2D eigenvalue weighted by molar-refractivity contribution is 0.223. The molecule has 1 N–H and O–H groups in total. The fraction of sp³-hybridized carbons (Fsp3) is 0.733. The molecule has 1 aliphatic rings. The van der Waals surface area contributed by atoms with E-state index in [1.807, 2.05) is 6.07 Å². The normalized spacial score (nSPS) is 16.4. The van der Waals surface area contributed by atoms with Crippen molar-refractivity contribution < 1.29 is 4.42 Å². The fourth-order valence-corrected chi connectivity index (χ4v) is 2.10. The summed E-state index contributed by atoms with van der Waals surface area (Å²) in [5, 5.41) is 3.63. The second-order valence-corrected chi connectivity index (χ2v) is 5.95. The van der Waals surface area contributed by atoms with E-state index in [2.05, 4.69) is 37.1 Å². The molecule has 3 heteroatoms. The first-order valence-corrected chi connectivity index (χ1v) is 7.12. The van der Waals surface area contributed by atoms with Crippen molar-refractivity contribution in [3.05, 3.63) is 24.2 Å². The predicted molar refractivity (Wildman–Crippen MR) is 74.5 cm³/mol. The highest BCUT2D eigenvalue weighted by molar-refractivity contribution is 4.99. The number of nitrogens with one attached hydrogen (secondary N) is 1. The minimum absolute atomic E-state index is 0.250. The van der Waals surface area contributed by atoms with Crippen molar-refractivity contribution >= 4 is 0 Å². The molecule has 0 aliphatic heterocycles. The van der Waals surface area contributed by atoms with Gasteiger partial charge in [0, 0.05) is 24.7 Å². The fourth-order valence-electron chi connectivity index (χ4n) is 2.10. The quantitative estimate of drug-likeness (QED) is 0.769. The van der Waals surface area contributed by atoms with Gasteiger partial charge in [-0.05, 0) is 45.2 Å². The Bertz CT molecular complexity index is 341. The Hall–Kier alpha value is -0.800. The number of furan rings is 1. The maximum absolute atomic E-state index is 5.45. The van der Waals surface area contributed by atoms with Gasteiger partial charge >= 0.3 is 0 Å². The maximum atomic E-state index is 5.45. The molecule has 0 bridgehead atoms. The molecule has 0 aromatic carbocycles. The molecule has 0 radical (unpaired) electrons. The Morgan fingerprint density at radius 3 is 2.78 bits per heavy atom. The molecule has 1 aromatic rings. The molecular weight excluding hydrogens is 224 g/mol. The van der Waals surface area contributed by atoms with E-state index in [9.17, 15) is 0 Å². The molecule has 102 valence electrons. The highest BCUT2D eigenvalue weighted by Crippen LogP contribution is 2.28. The van der Waals surface area contributed by atoms with Crippen molar-refractivity contribution in [2.45, 2.75) is 58.2 Å². The van der Waals surface area contributed by atoms with E-state index < -0.39 is 0 Å². The van der Waals surface area contributed by atoms with E-state index in [1.54, 1.807) is 6.26 Å². The topological polar surface area (TPSA) is 28.4 Å². The van der Waals surface area contributed by atoms with Gasteiger partial charge < -0.3 is 9.73 Å². The molecule has 0 unspecified atom stereocenters. The van der Waals surface area contributed by atoms with Crippen LogP contribution in [0.5, 0.6) is 0 Å². The first-order valence-electron chi connectivity index (χ1n) is 7.12. The zero-order valence-corrected chi connectivity index (χ0v) is 11.9. The summed E-state index contributed by atoms with van der Waals surface area (Å²) in [6, 6.07) is 4.82. The lowest BCUT2D eigenvalue weighted by Gasteiger charge is -2.27. The minimum atomic E-state index is 0.250. The Kier molecular flexibility index (Phi) is 4.46. The molecule has 0 atom stereocenters. The third-order valence-corrected chi connectivity index (χ3v) is 3.89. The predicted octanol–water partition coefficient (Wildman–Crippen LogP) is 3.02.